The molecule has 1 aliphatic rings. The molecule has 0 saturated carbocycles. The highest BCUT2D eigenvalue weighted by Gasteiger charge is 2.47. The Kier molecular flexibility index (Phi) is 5.96. The number of carbonyl (C=O) groups is 1. The number of benzene rings is 1. The summed E-state index contributed by atoms with van der Waals surface area (Å²) in [5.41, 5.74) is 4.52. The Morgan fingerprint density at radius 2 is 2.06 bits per heavy atom. The van der Waals surface area contributed by atoms with Gasteiger partial charge in [0.25, 0.3) is 11.9 Å². The number of nitriles is 1. The van der Waals surface area contributed by atoms with E-state index in [1.54, 1.807) is 6.92 Å². The molecule has 2 aromatic rings. The molecule has 0 bridgehead atoms. The number of Topliss-reactive ketones (excluding diaryl/α,β-unsaturated/α-hetero) is 1. The first-order valence-corrected chi connectivity index (χ1v) is 9.62. The van der Waals surface area contributed by atoms with Crippen molar-refractivity contribution in [2.45, 2.75) is 51.2 Å². The maximum absolute atomic E-state index is 14.7. The fourth-order valence-electron chi connectivity index (χ4n) is 3.65. The van der Waals surface area contributed by atoms with Gasteiger partial charge in [-0.05, 0) is 43.2 Å². The first kappa shape index (κ1) is 23.2. The van der Waals surface area contributed by atoms with Gasteiger partial charge in [0, 0.05) is 31.5 Å². The van der Waals surface area contributed by atoms with Crippen LogP contribution in [0.15, 0.2) is 29.4 Å². The predicted molar refractivity (Wildman–Crippen MR) is 107 cm³/mol. The number of hydrogen-bond donors (Lipinski definition) is 1. The molecule has 168 valence electrons. The van der Waals surface area contributed by atoms with Gasteiger partial charge >= 0.3 is 0 Å². The molecule has 1 aliphatic heterocycles. The van der Waals surface area contributed by atoms with Crippen molar-refractivity contribution < 1.29 is 27.1 Å². The number of amidine groups is 1. The Morgan fingerprint density at radius 1 is 1.38 bits per heavy atom. The van der Waals surface area contributed by atoms with Crippen LogP contribution in [0.4, 0.5) is 17.6 Å². The quantitative estimate of drug-likeness (QED) is 0.552. The van der Waals surface area contributed by atoms with Crippen LogP contribution in [0.25, 0.3) is 0 Å². The Labute approximate surface area is 181 Å². The summed E-state index contributed by atoms with van der Waals surface area (Å²) in [5.74, 6) is -6.31. The van der Waals surface area contributed by atoms with E-state index in [0.29, 0.717) is 12.5 Å². The molecule has 1 aromatic carbocycles. The van der Waals surface area contributed by atoms with Crippen molar-refractivity contribution in [3.05, 3.63) is 64.0 Å². The molecule has 0 amide bonds. The Hall–Kier alpha value is -3.48. The molecule has 0 spiro atoms. The topological polar surface area (TPSA) is 101 Å². The van der Waals surface area contributed by atoms with E-state index >= 15 is 0 Å². The number of ketones is 1. The zero-order valence-electron chi connectivity index (χ0n) is 17.5. The summed E-state index contributed by atoms with van der Waals surface area (Å²) in [5, 5.41) is 8.92. The van der Waals surface area contributed by atoms with Gasteiger partial charge in [-0.3, -0.25) is 9.78 Å². The fourth-order valence-corrected chi connectivity index (χ4v) is 3.65. The van der Waals surface area contributed by atoms with Crippen LogP contribution in [0, 0.1) is 29.9 Å². The Morgan fingerprint density at radius 3 is 2.66 bits per heavy atom. The average Bonchev–Trinajstić information content (AvgIpc) is 2.68. The summed E-state index contributed by atoms with van der Waals surface area (Å²) in [4.78, 5) is 20.7. The number of carbonyl (C=O) groups excluding carboxylic acids is 1. The average molecular weight is 448 g/mol. The molecule has 0 unspecified atom stereocenters. The molecule has 6 nitrogen and oxygen atoms in total. The number of hydrogen-bond acceptors (Lipinski definition) is 6. The van der Waals surface area contributed by atoms with Crippen molar-refractivity contribution in [3.8, 4) is 6.07 Å². The first-order valence-electron chi connectivity index (χ1n) is 9.62. The summed E-state index contributed by atoms with van der Waals surface area (Å²) in [6, 6.07) is 4.90. The van der Waals surface area contributed by atoms with E-state index in [0.717, 1.165) is 6.07 Å². The highest BCUT2D eigenvalue weighted by molar-refractivity contribution is 5.97. The van der Waals surface area contributed by atoms with Crippen molar-refractivity contribution in [1.82, 2.24) is 4.98 Å². The molecule has 1 aromatic heterocycles. The number of halogens is 4. The zero-order chi connectivity index (χ0) is 23.8. The van der Waals surface area contributed by atoms with Gasteiger partial charge in [0.1, 0.15) is 11.8 Å². The van der Waals surface area contributed by atoms with E-state index in [1.165, 1.54) is 25.3 Å². The maximum Gasteiger partial charge on any atom is 0.283 e. The van der Waals surface area contributed by atoms with Crippen molar-refractivity contribution in [1.29, 1.82) is 5.26 Å². The van der Waals surface area contributed by atoms with E-state index < -0.39 is 47.4 Å². The monoisotopic (exact) mass is 448 g/mol. The minimum absolute atomic E-state index is 0.0838. The standard InChI is InChI=1S/C22H20F4N4O2/c1-11-4-13(9-27)10-29-19(11)16(31)7-12-5-14(18(24)15(23)6-12)21(2)8-17(22(3,25)26)32-20(28)30-21/h4-6,10,17H,7-8H2,1-3H3,(H2,28,30)/t17-,21-/m0/s1. The number of ether oxygens (including phenoxy) is 1. The largest absolute Gasteiger partial charge is 0.456 e. The van der Waals surface area contributed by atoms with Gasteiger partial charge in [0.15, 0.2) is 23.5 Å². The smallest absolute Gasteiger partial charge is 0.283 e. The molecular weight excluding hydrogens is 428 g/mol. The Bertz CT molecular complexity index is 1150. The second-order valence-corrected chi connectivity index (χ2v) is 8.03. The van der Waals surface area contributed by atoms with Gasteiger partial charge in [0.2, 0.25) is 0 Å². The minimum atomic E-state index is -3.30. The zero-order valence-corrected chi connectivity index (χ0v) is 17.5. The molecular formula is C22H20F4N4O2. The number of aromatic nitrogens is 1. The number of aliphatic imine (C=N–C) groups is 1. The molecule has 0 saturated heterocycles. The Balaban J connectivity index is 1.99. The second-order valence-electron chi connectivity index (χ2n) is 8.03. The van der Waals surface area contributed by atoms with Gasteiger partial charge in [-0.15, -0.1) is 0 Å². The normalized spacial score (nSPS) is 20.8. The summed E-state index contributed by atoms with van der Waals surface area (Å²) < 4.78 is 61.8. The lowest BCUT2D eigenvalue weighted by Gasteiger charge is -2.37. The highest BCUT2D eigenvalue weighted by Crippen LogP contribution is 2.41. The lowest BCUT2D eigenvalue weighted by Crippen LogP contribution is -2.46. The number of nitrogens with two attached hydrogens (primary N) is 1. The molecule has 0 fully saturated rings. The van der Waals surface area contributed by atoms with Gasteiger partial charge in [0.05, 0.1) is 11.1 Å². The van der Waals surface area contributed by atoms with Gasteiger partial charge in [-0.1, -0.05) is 0 Å². The van der Waals surface area contributed by atoms with Crippen LogP contribution < -0.4 is 5.73 Å². The third kappa shape index (κ3) is 4.56. The van der Waals surface area contributed by atoms with Crippen LogP contribution in [0.1, 0.15) is 53.0 Å². The van der Waals surface area contributed by atoms with Crippen molar-refractivity contribution in [2.24, 2.45) is 10.7 Å². The molecule has 2 atom stereocenters. The fraction of sp³-hybridized carbons (Fsp3) is 0.364. The number of rotatable bonds is 5. The molecule has 2 N–H and O–H groups in total. The summed E-state index contributed by atoms with van der Waals surface area (Å²) in [6.07, 6.45) is -1.24. The van der Waals surface area contributed by atoms with Crippen LogP contribution >= 0.6 is 0 Å². The number of alkyl halides is 2. The van der Waals surface area contributed by atoms with Crippen LogP contribution in [0.5, 0.6) is 0 Å². The first-order chi connectivity index (χ1) is 14.8. The molecule has 3 rings (SSSR count). The summed E-state index contributed by atoms with van der Waals surface area (Å²) in [6.45, 7) is 3.58. The van der Waals surface area contributed by atoms with E-state index in [1.807, 2.05) is 6.07 Å². The second kappa shape index (κ2) is 8.22. The molecule has 0 radical (unpaired) electrons. The van der Waals surface area contributed by atoms with Crippen LogP contribution in [-0.2, 0) is 16.7 Å². The lowest BCUT2D eigenvalue weighted by molar-refractivity contribution is -0.103. The maximum atomic E-state index is 14.7. The van der Waals surface area contributed by atoms with Gasteiger partial charge in [-0.2, -0.15) is 5.26 Å². The number of nitrogens with zero attached hydrogens (tertiary/aromatic N) is 3. The van der Waals surface area contributed by atoms with E-state index in [4.69, 9.17) is 15.7 Å². The van der Waals surface area contributed by atoms with Gasteiger partial charge in [-0.25, -0.2) is 22.6 Å². The van der Waals surface area contributed by atoms with E-state index in [2.05, 4.69) is 9.98 Å². The van der Waals surface area contributed by atoms with Crippen molar-refractivity contribution in [2.75, 3.05) is 0 Å². The molecule has 10 heteroatoms. The molecule has 0 aliphatic carbocycles. The SMILES string of the molecule is Cc1cc(C#N)cnc1C(=O)Cc1cc(F)c(F)c([C@]2(C)C[C@@H](C(C)(F)F)OC(N)=N2)c1. The summed E-state index contributed by atoms with van der Waals surface area (Å²) >= 11 is 0. The number of pyridine rings is 1. The van der Waals surface area contributed by atoms with Crippen molar-refractivity contribution >= 4 is 11.8 Å². The van der Waals surface area contributed by atoms with Crippen LogP contribution in [-0.4, -0.2) is 28.8 Å². The third-order valence-electron chi connectivity index (χ3n) is 5.27. The molecule has 32 heavy (non-hydrogen) atoms. The van der Waals surface area contributed by atoms with Crippen LogP contribution in [0.3, 0.4) is 0 Å². The third-order valence-corrected chi connectivity index (χ3v) is 5.27. The van der Waals surface area contributed by atoms with E-state index in [9.17, 15) is 22.4 Å². The molecule has 2 heterocycles. The number of aryl methyl sites for hydroxylation is 1. The lowest BCUT2D eigenvalue weighted by atomic mass is 9.83. The summed E-state index contributed by atoms with van der Waals surface area (Å²) in [7, 11) is 0. The highest BCUT2D eigenvalue weighted by atomic mass is 19.3. The predicted octanol–water partition coefficient (Wildman–Crippen LogP) is 3.94. The van der Waals surface area contributed by atoms with Crippen molar-refractivity contribution in [3.63, 3.8) is 0 Å². The minimum Gasteiger partial charge on any atom is -0.456 e. The van der Waals surface area contributed by atoms with Gasteiger partial charge < -0.3 is 10.5 Å². The van der Waals surface area contributed by atoms with Crippen LogP contribution in [0.2, 0.25) is 0 Å². The van der Waals surface area contributed by atoms with E-state index in [-0.39, 0.29) is 28.8 Å².